The lowest BCUT2D eigenvalue weighted by Crippen LogP contribution is -2.49. The highest BCUT2D eigenvalue weighted by Crippen LogP contribution is 2.29. The van der Waals surface area contributed by atoms with E-state index in [4.69, 9.17) is 16.2 Å². The van der Waals surface area contributed by atoms with Gasteiger partial charge in [0.25, 0.3) is 0 Å². The first-order chi connectivity index (χ1) is 16.3. The van der Waals surface area contributed by atoms with Crippen LogP contribution in [0.25, 0.3) is 10.9 Å². The molecule has 3 heterocycles. The third-order valence-corrected chi connectivity index (χ3v) is 7.17. The van der Waals surface area contributed by atoms with E-state index in [1.54, 1.807) is 0 Å². The number of rotatable bonds is 8. The number of aryl methyl sites for hydroxylation is 2. The summed E-state index contributed by atoms with van der Waals surface area (Å²) in [5.41, 5.74) is 8.63. The Balaban J connectivity index is 1.47. The van der Waals surface area contributed by atoms with Crippen molar-refractivity contribution in [3.05, 3.63) is 35.5 Å². The molecule has 2 atom stereocenters. The molecule has 0 aliphatic carbocycles. The summed E-state index contributed by atoms with van der Waals surface area (Å²) in [4.78, 5) is 40.1. The fourth-order valence-corrected chi connectivity index (χ4v) is 5.54. The quantitative estimate of drug-likeness (QED) is 0.311. The first-order valence-corrected chi connectivity index (χ1v) is 12.1. The van der Waals surface area contributed by atoms with E-state index in [-0.39, 0.29) is 17.8 Å². The lowest BCUT2D eigenvalue weighted by Gasteiger charge is -2.31. The van der Waals surface area contributed by atoms with Crippen LogP contribution in [0.15, 0.2) is 24.3 Å². The fraction of sp³-hybridized carbons (Fsp3) is 0.520. The molecule has 0 unspecified atom stereocenters. The van der Waals surface area contributed by atoms with Crippen molar-refractivity contribution in [3.63, 3.8) is 0 Å². The molecule has 2 aromatic rings. The molecule has 4 rings (SSSR count). The van der Waals surface area contributed by atoms with Crippen molar-refractivity contribution in [2.75, 3.05) is 13.1 Å². The summed E-state index contributed by atoms with van der Waals surface area (Å²) in [5, 5.41) is 17.8. The third-order valence-electron chi connectivity index (χ3n) is 7.17. The lowest BCUT2D eigenvalue weighted by molar-refractivity contribution is -0.149. The van der Waals surface area contributed by atoms with Gasteiger partial charge in [-0.1, -0.05) is 12.1 Å². The first kappa shape index (κ1) is 23.8. The third kappa shape index (κ3) is 4.64. The van der Waals surface area contributed by atoms with Crippen molar-refractivity contribution in [2.24, 2.45) is 5.73 Å². The highest BCUT2D eigenvalue weighted by molar-refractivity contribution is 5.99. The Morgan fingerprint density at radius 2 is 1.85 bits per heavy atom. The van der Waals surface area contributed by atoms with Crippen LogP contribution < -0.4 is 5.73 Å². The summed E-state index contributed by atoms with van der Waals surface area (Å²) in [6, 6.07) is 7.56. The van der Waals surface area contributed by atoms with Crippen LogP contribution in [-0.2, 0) is 27.3 Å². The average molecular weight is 468 g/mol. The molecule has 0 saturated carbocycles. The van der Waals surface area contributed by atoms with Gasteiger partial charge in [-0.3, -0.25) is 19.8 Å². The minimum atomic E-state index is -1.16. The number of benzene rings is 1. The Hall–Kier alpha value is -3.36. The van der Waals surface area contributed by atoms with Crippen LogP contribution in [0.1, 0.15) is 56.7 Å². The zero-order valence-electron chi connectivity index (χ0n) is 19.6. The topological polar surface area (TPSA) is 133 Å². The van der Waals surface area contributed by atoms with E-state index in [0.29, 0.717) is 25.1 Å². The van der Waals surface area contributed by atoms with E-state index in [2.05, 4.69) is 17.6 Å². The van der Waals surface area contributed by atoms with Crippen molar-refractivity contribution >= 4 is 34.5 Å². The van der Waals surface area contributed by atoms with Crippen LogP contribution in [0.3, 0.4) is 0 Å². The minimum Gasteiger partial charge on any atom is -0.481 e. The number of hydrogen-bond donors (Lipinski definition) is 3. The lowest BCUT2D eigenvalue weighted by atomic mass is 10.1. The van der Waals surface area contributed by atoms with Gasteiger partial charge in [-0.05, 0) is 63.0 Å². The molecule has 4 N–H and O–H groups in total. The summed E-state index contributed by atoms with van der Waals surface area (Å²) in [6.45, 7) is 4.02. The number of nitrogens with one attached hydrogen (secondary N) is 1. The van der Waals surface area contributed by atoms with Gasteiger partial charge >= 0.3 is 5.97 Å². The SMILES string of the molecule is CCn1c(CC[C@@H]2CCCN2C(=O)[C@H]2CCCN2C(=O)CC(=O)O)cc2ccc(C(=N)N)cc21. The molecular formula is C25H33N5O4. The average Bonchev–Trinajstić information content (AvgIpc) is 3.53. The maximum atomic E-state index is 13.4. The Bertz CT molecular complexity index is 1120. The van der Waals surface area contributed by atoms with Gasteiger partial charge in [0.15, 0.2) is 0 Å². The van der Waals surface area contributed by atoms with Gasteiger partial charge in [0.1, 0.15) is 18.3 Å². The van der Waals surface area contributed by atoms with Crippen molar-refractivity contribution in [2.45, 2.75) is 70.5 Å². The van der Waals surface area contributed by atoms with Crippen LogP contribution in [0.2, 0.25) is 0 Å². The van der Waals surface area contributed by atoms with Crippen LogP contribution >= 0.6 is 0 Å². The molecular weight excluding hydrogens is 434 g/mol. The molecule has 2 aliphatic heterocycles. The number of amides is 2. The second-order valence-electron chi connectivity index (χ2n) is 9.25. The van der Waals surface area contributed by atoms with Gasteiger partial charge < -0.3 is 25.2 Å². The number of carboxylic acids is 1. The van der Waals surface area contributed by atoms with E-state index >= 15 is 0 Å². The number of nitrogen functional groups attached to an aromatic ring is 1. The molecule has 2 saturated heterocycles. The number of nitrogens with zero attached hydrogens (tertiary/aromatic N) is 3. The number of likely N-dealkylation sites (tertiary alicyclic amines) is 2. The predicted molar refractivity (Wildman–Crippen MR) is 129 cm³/mol. The maximum Gasteiger partial charge on any atom is 0.312 e. The monoisotopic (exact) mass is 467 g/mol. The number of hydrogen-bond acceptors (Lipinski definition) is 4. The second kappa shape index (κ2) is 9.87. The summed E-state index contributed by atoms with van der Waals surface area (Å²) < 4.78 is 2.24. The molecule has 0 bridgehead atoms. The molecule has 182 valence electrons. The standard InChI is InChI=1S/C25H33N5O4/c1-2-28-19(13-16-7-8-17(24(26)27)14-21(16)28)10-9-18-5-3-11-29(18)25(34)20-6-4-12-30(20)22(31)15-23(32)33/h7-8,13-14,18,20H,2-6,9-12,15H2,1H3,(H3,26,27)(H,32,33)/t18-,20+/m0/s1. The van der Waals surface area contributed by atoms with E-state index in [9.17, 15) is 14.4 Å². The van der Waals surface area contributed by atoms with Crippen LogP contribution in [0, 0.1) is 5.41 Å². The van der Waals surface area contributed by atoms with Gasteiger partial charge in [-0.15, -0.1) is 0 Å². The first-order valence-electron chi connectivity index (χ1n) is 12.1. The smallest absolute Gasteiger partial charge is 0.312 e. The number of aromatic nitrogens is 1. The summed E-state index contributed by atoms with van der Waals surface area (Å²) in [7, 11) is 0. The number of carboxylic acid groups (broad SMARTS) is 1. The Labute approximate surface area is 199 Å². The zero-order chi connectivity index (χ0) is 24.4. The number of fused-ring (bicyclic) bond motifs is 1. The van der Waals surface area contributed by atoms with Crippen LogP contribution in [0.5, 0.6) is 0 Å². The largest absolute Gasteiger partial charge is 0.481 e. The number of carbonyl (C=O) groups is 3. The molecule has 9 heteroatoms. The number of carbonyl (C=O) groups excluding carboxylic acids is 2. The zero-order valence-corrected chi connectivity index (χ0v) is 19.6. The summed E-state index contributed by atoms with van der Waals surface area (Å²) in [5.74, 6) is -1.63. The Morgan fingerprint density at radius 1 is 1.12 bits per heavy atom. The second-order valence-corrected chi connectivity index (χ2v) is 9.25. The molecule has 0 radical (unpaired) electrons. The van der Waals surface area contributed by atoms with E-state index in [0.717, 1.165) is 49.6 Å². The summed E-state index contributed by atoms with van der Waals surface area (Å²) >= 11 is 0. The Kier molecular flexibility index (Phi) is 6.90. The Morgan fingerprint density at radius 3 is 2.56 bits per heavy atom. The van der Waals surface area contributed by atoms with Crippen molar-refractivity contribution < 1.29 is 19.5 Å². The maximum absolute atomic E-state index is 13.4. The van der Waals surface area contributed by atoms with E-state index in [1.165, 1.54) is 10.6 Å². The normalized spacial score (nSPS) is 20.3. The predicted octanol–water partition coefficient (Wildman–Crippen LogP) is 2.33. The van der Waals surface area contributed by atoms with Gasteiger partial charge in [-0.2, -0.15) is 0 Å². The number of amidine groups is 1. The van der Waals surface area contributed by atoms with E-state index < -0.39 is 24.3 Å². The molecule has 2 aliphatic rings. The van der Waals surface area contributed by atoms with Crippen molar-refractivity contribution in [1.82, 2.24) is 14.4 Å². The molecule has 34 heavy (non-hydrogen) atoms. The van der Waals surface area contributed by atoms with Gasteiger partial charge in [0.05, 0.1) is 0 Å². The van der Waals surface area contributed by atoms with Gasteiger partial charge in [-0.25, -0.2) is 0 Å². The van der Waals surface area contributed by atoms with Crippen molar-refractivity contribution in [3.8, 4) is 0 Å². The molecule has 9 nitrogen and oxygen atoms in total. The van der Waals surface area contributed by atoms with Crippen LogP contribution in [0.4, 0.5) is 0 Å². The molecule has 2 fully saturated rings. The summed E-state index contributed by atoms with van der Waals surface area (Å²) in [6.07, 6.45) is 4.26. The molecule has 0 spiro atoms. The minimum absolute atomic E-state index is 0.0409. The number of nitrogens with two attached hydrogens (primary N) is 1. The highest BCUT2D eigenvalue weighted by Gasteiger charge is 2.40. The van der Waals surface area contributed by atoms with E-state index in [1.807, 2.05) is 23.1 Å². The molecule has 2 amide bonds. The fourth-order valence-electron chi connectivity index (χ4n) is 5.54. The van der Waals surface area contributed by atoms with Crippen molar-refractivity contribution in [1.29, 1.82) is 5.41 Å². The number of aliphatic carboxylic acids is 1. The van der Waals surface area contributed by atoms with Crippen LogP contribution in [-0.4, -0.2) is 68.3 Å². The van der Waals surface area contributed by atoms with Gasteiger partial charge in [0, 0.05) is 42.5 Å². The highest BCUT2D eigenvalue weighted by atomic mass is 16.4. The molecule has 1 aromatic heterocycles. The van der Waals surface area contributed by atoms with Gasteiger partial charge in [0.2, 0.25) is 11.8 Å². The molecule has 1 aromatic carbocycles.